The Morgan fingerprint density at radius 3 is 1.42 bits per heavy atom. The SMILES string of the molecule is CN([SiH2]C[SiH2]N(C)C1CCCCC1)C1CCCCC1. The van der Waals surface area contributed by atoms with E-state index in [-0.39, 0.29) is 19.4 Å². The summed E-state index contributed by atoms with van der Waals surface area (Å²) in [5.41, 5.74) is 1.62. The molecule has 2 nitrogen and oxygen atoms in total. The minimum atomic E-state index is 0.0659. The Bertz CT molecular complexity index is 214. The van der Waals surface area contributed by atoms with E-state index in [1.807, 2.05) is 0 Å². The molecule has 2 rings (SSSR count). The van der Waals surface area contributed by atoms with Crippen molar-refractivity contribution in [3.8, 4) is 0 Å². The fourth-order valence-corrected chi connectivity index (χ4v) is 9.99. The van der Waals surface area contributed by atoms with E-state index in [2.05, 4.69) is 23.2 Å². The molecular weight excluding hydrogens is 264 g/mol. The minimum Gasteiger partial charge on any atom is -0.329 e. The third kappa shape index (κ3) is 5.33. The molecule has 0 bridgehead atoms. The van der Waals surface area contributed by atoms with Crippen LogP contribution in [-0.2, 0) is 0 Å². The van der Waals surface area contributed by atoms with Crippen LogP contribution in [0.15, 0.2) is 0 Å². The minimum absolute atomic E-state index is 0.0659. The van der Waals surface area contributed by atoms with Crippen LogP contribution in [0.2, 0.25) is 5.67 Å². The topological polar surface area (TPSA) is 6.48 Å². The van der Waals surface area contributed by atoms with Crippen molar-refractivity contribution in [2.75, 3.05) is 14.1 Å². The molecule has 0 aromatic heterocycles. The zero-order valence-corrected chi connectivity index (χ0v) is 16.1. The Morgan fingerprint density at radius 1 is 0.684 bits per heavy atom. The summed E-state index contributed by atoms with van der Waals surface area (Å²) in [6.07, 6.45) is 14.9. The first-order valence-corrected chi connectivity index (χ1v) is 11.9. The van der Waals surface area contributed by atoms with Crippen LogP contribution in [0.4, 0.5) is 0 Å². The zero-order chi connectivity index (χ0) is 13.5. The van der Waals surface area contributed by atoms with E-state index < -0.39 is 0 Å². The second-order valence-electron chi connectivity index (χ2n) is 6.90. The third-order valence-corrected chi connectivity index (χ3v) is 10.4. The number of nitrogens with zero attached hydrogens (tertiary/aromatic N) is 2. The molecule has 2 fully saturated rings. The van der Waals surface area contributed by atoms with Gasteiger partial charge in [0, 0.05) is 12.1 Å². The van der Waals surface area contributed by atoms with Crippen molar-refractivity contribution in [3.05, 3.63) is 0 Å². The molecule has 0 spiro atoms. The first kappa shape index (κ1) is 15.7. The highest BCUT2D eigenvalue weighted by molar-refractivity contribution is 6.52. The van der Waals surface area contributed by atoms with E-state index in [1.165, 1.54) is 64.2 Å². The maximum Gasteiger partial charge on any atom is 0.0931 e. The van der Waals surface area contributed by atoms with Gasteiger partial charge in [-0.15, -0.1) is 0 Å². The second-order valence-corrected chi connectivity index (χ2v) is 12.6. The molecule has 0 radical (unpaired) electrons. The fraction of sp³-hybridized carbons (Fsp3) is 1.00. The predicted octanol–water partition coefficient (Wildman–Crippen LogP) is 2.06. The van der Waals surface area contributed by atoms with Crippen LogP contribution in [-0.4, -0.2) is 54.7 Å². The Labute approximate surface area is 125 Å². The summed E-state index contributed by atoms with van der Waals surface area (Å²) >= 11 is 0. The fourth-order valence-electron chi connectivity index (χ4n) is 3.98. The van der Waals surface area contributed by atoms with Crippen LogP contribution in [0.5, 0.6) is 0 Å². The number of hydrogen-bond acceptors (Lipinski definition) is 2. The van der Waals surface area contributed by atoms with E-state index in [4.69, 9.17) is 0 Å². The lowest BCUT2D eigenvalue weighted by Gasteiger charge is -2.33. The molecule has 0 atom stereocenters. The Morgan fingerprint density at radius 2 is 1.05 bits per heavy atom. The summed E-state index contributed by atoms with van der Waals surface area (Å²) in [6, 6.07) is 1.93. The van der Waals surface area contributed by atoms with Gasteiger partial charge in [0.05, 0.1) is 19.4 Å². The van der Waals surface area contributed by atoms with Crippen molar-refractivity contribution in [2.45, 2.75) is 82.0 Å². The van der Waals surface area contributed by atoms with Crippen LogP contribution in [0, 0.1) is 0 Å². The average molecular weight is 299 g/mol. The van der Waals surface area contributed by atoms with Gasteiger partial charge in [-0.3, -0.25) is 0 Å². The van der Waals surface area contributed by atoms with Crippen molar-refractivity contribution in [2.24, 2.45) is 0 Å². The maximum absolute atomic E-state index is 2.81. The highest BCUT2D eigenvalue weighted by Gasteiger charge is 2.20. The molecule has 112 valence electrons. The van der Waals surface area contributed by atoms with Gasteiger partial charge in [0.2, 0.25) is 0 Å². The number of rotatable bonds is 6. The van der Waals surface area contributed by atoms with Crippen molar-refractivity contribution >= 4 is 19.4 Å². The van der Waals surface area contributed by atoms with Crippen molar-refractivity contribution in [1.29, 1.82) is 0 Å². The van der Waals surface area contributed by atoms with Gasteiger partial charge in [-0.2, -0.15) is 0 Å². The summed E-state index contributed by atoms with van der Waals surface area (Å²) < 4.78 is 5.61. The van der Waals surface area contributed by atoms with Crippen LogP contribution >= 0.6 is 0 Å². The molecule has 19 heavy (non-hydrogen) atoms. The van der Waals surface area contributed by atoms with Gasteiger partial charge in [0.15, 0.2) is 0 Å². The highest BCUT2D eigenvalue weighted by atomic mass is 28.3. The van der Waals surface area contributed by atoms with Crippen LogP contribution in [0.1, 0.15) is 64.2 Å². The maximum atomic E-state index is 2.81. The number of hydrogen-bond donors (Lipinski definition) is 0. The Kier molecular flexibility index (Phi) is 7.12. The Balaban J connectivity index is 1.59. The molecule has 0 unspecified atom stereocenters. The first-order valence-electron chi connectivity index (χ1n) is 8.68. The van der Waals surface area contributed by atoms with Gasteiger partial charge >= 0.3 is 0 Å². The summed E-state index contributed by atoms with van der Waals surface area (Å²) in [5, 5.41) is 0. The largest absolute Gasteiger partial charge is 0.329 e. The van der Waals surface area contributed by atoms with E-state index in [9.17, 15) is 0 Å². The van der Waals surface area contributed by atoms with Gasteiger partial charge in [-0.25, -0.2) is 0 Å². The van der Waals surface area contributed by atoms with Crippen LogP contribution in [0.25, 0.3) is 0 Å². The van der Waals surface area contributed by atoms with E-state index in [1.54, 1.807) is 5.67 Å². The van der Waals surface area contributed by atoms with Crippen molar-refractivity contribution in [3.63, 3.8) is 0 Å². The van der Waals surface area contributed by atoms with Crippen LogP contribution < -0.4 is 0 Å². The summed E-state index contributed by atoms with van der Waals surface area (Å²) in [4.78, 5) is 0. The van der Waals surface area contributed by atoms with Gasteiger partial charge in [-0.1, -0.05) is 38.5 Å². The summed E-state index contributed by atoms with van der Waals surface area (Å²) in [6.45, 7) is 0. The van der Waals surface area contributed by atoms with Crippen molar-refractivity contribution in [1.82, 2.24) is 9.13 Å². The molecule has 0 aromatic carbocycles. The lowest BCUT2D eigenvalue weighted by molar-refractivity contribution is 0.287. The predicted molar refractivity (Wildman–Crippen MR) is 91.2 cm³/mol. The summed E-state index contributed by atoms with van der Waals surface area (Å²) in [5.74, 6) is 0. The molecular formula is C15H34N2Si2. The highest BCUT2D eigenvalue weighted by Crippen LogP contribution is 2.22. The standard InChI is InChI=1S/C15H34N2Si2/c1-16(14-9-5-3-6-10-14)18-13-19-17(2)15-11-7-4-8-12-15/h14-15H,3-13,18-19H2,1-2H3. The molecule has 0 aromatic rings. The van der Waals surface area contributed by atoms with E-state index in [0.29, 0.717) is 0 Å². The molecule has 2 aliphatic rings. The Hall–Kier alpha value is 0.354. The molecule has 4 heteroatoms. The molecule has 2 aliphatic carbocycles. The third-order valence-electron chi connectivity index (χ3n) is 5.42. The lowest BCUT2D eigenvalue weighted by atomic mass is 9.96. The quantitative estimate of drug-likeness (QED) is 0.693. The normalized spacial score (nSPS) is 24.6. The van der Waals surface area contributed by atoms with Crippen LogP contribution in [0.3, 0.4) is 0 Å². The molecule has 0 heterocycles. The summed E-state index contributed by atoms with van der Waals surface area (Å²) in [7, 11) is 4.99. The lowest BCUT2D eigenvalue weighted by Crippen LogP contribution is -2.40. The molecule has 0 amide bonds. The molecule has 2 saturated carbocycles. The van der Waals surface area contributed by atoms with Gasteiger partial charge in [0.25, 0.3) is 0 Å². The molecule has 0 saturated heterocycles. The van der Waals surface area contributed by atoms with E-state index >= 15 is 0 Å². The van der Waals surface area contributed by atoms with Crippen molar-refractivity contribution < 1.29 is 0 Å². The van der Waals surface area contributed by atoms with E-state index in [0.717, 1.165) is 12.1 Å². The zero-order valence-electron chi connectivity index (χ0n) is 13.2. The molecule has 0 aliphatic heterocycles. The first-order chi connectivity index (χ1) is 9.27. The van der Waals surface area contributed by atoms with Gasteiger partial charge in [-0.05, 0) is 45.4 Å². The average Bonchev–Trinajstić information content (AvgIpc) is 2.49. The smallest absolute Gasteiger partial charge is 0.0931 e. The molecule has 0 N–H and O–H groups in total. The monoisotopic (exact) mass is 298 g/mol. The van der Waals surface area contributed by atoms with Gasteiger partial charge in [0.1, 0.15) is 0 Å². The van der Waals surface area contributed by atoms with Gasteiger partial charge < -0.3 is 9.13 Å². The second kappa shape index (κ2) is 8.60.